The van der Waals surface area contributed by atoms with Crippen LogP contribution in [0.3, 0.4) is 0 Å². The quantitative estimate of drug-likeness (QED) is 0.876. The molecular weight excluding hydrogens is 336 g/mol. The second-order valence-corrected chi connectivity index (χ2v) is 7.70. The number of benzene rings is 1. The summed E-state index contributed by atoms with van der Waals surface area (Å²) in [6, 6.07) is 10.3. The number of halogens is 1. The van der Waals surface area contributed by atoms with Crippen LogP contribution in [0.5, 0.6) is 0 Å². The van der Waals surface area contributed by atoms with Gasteiger partial charge in [0.15, 0.2) is 0 Å². The van der Waals surface area contributed by atoms with Crippen LogP contribution in [-0.2, 0) is 9.53 Å². The molecular formula is C20H29ClN2O2. The molecule has 2 atom stereocenters. The van der Waals surface area contributed by atoms with E-state index in [4.69, 9.17) is 4.74 Å². The Balaban J connectivity index is 0.00000182. The lowest BCUT2D eigenvalue weighted by atomic mass is 9.77. The Bertz CT molecular complexity index is 564. The van der Waals surface area contributed by atoms with Crippen molar-refractivity contribution in [3.63, 3.8) is 0 Å². The SMILES string of the molecule is Cl.O=C(C1CCCOC1c1ccccc1)N1CCC2(CCNC2)CC1. The van der Waals surface area contributed by atoms with Crippen molar-refractivity contribution in [1.82, 2.24) is 10.2 Å². The minimum atomic E-state index is -0.0727. The van der Waals surface area contributed by atoms with Gasteiger partial charge in [0.05, 0.1) is 12.0 Å². The molecule has 1 aromatic rings. The van der Waals surface area contributed by atoms with Crippen LogP contribution in [0.2, 0.25) is 0 Å². The van der Waals surface area contributed by atoms with Crippen molar-refractivity contribution in [1.29, 1.82) is 0 Å². The second kappa shape index (κ2) is 8.07. The number of amides is 1. The first-order chi connectivity index (χ1) is 11.8. The molecule has 25 heavy (non-hydrogen) atoms. The van der Waals surface area contributed by atoms with E-state index >= 15 is 0 Å². The molecule has 3 aliphatic heterocycles. The van der Waals surface area contributed by atoms with Gasteiger partial charge in [-0.3, -0.25) is 4.79 Å². The number of hydrogen-bond acceptors (Lipinski definition) is 3. The molecule has 3 aliphatic rings. The van der Waals surface area contributed by atoms with E-state index in [1.54, 1.807) is 0 Å². The van der Waals surface area contributed by atoms with E-state index in [9.17, 15) is 4.79 Å². The highest BCUT2D eigenvalue weighted by Crippen LogP contribution is 2.39. The Morgan fingerprint density at radius 3 is 2.60 bits per heavy atom. The maximum absolute atomic E-state index is 13.2. The van der Waals surface area contributed by atoms with Gasteiger partial charge in [-0.15, -0.1) is 12.4 Å². The Labute approximate surface area is 156 Å². The van der Waals surface area contributed by atoms with E-state index in [1.165, 1.54) is 6.42 Å². The van der Waals surface area contributed by atoms with Crippen molar-refractivity contribution in [3.05, 3.63) is 35.9 Å². The average Bonchev–Trinajstić information content (AvgIpc) is 3.10. The van der Waals surface area contributed by atoms with Crippen molar-refractivity contribution in [3.8, 4) is 0 Å². The van der Waals surface area contributed by atoms with Gasteiger partial charge in [0.2, 0.25) is 5.91 Å². The lowest BCUT2D eigenvalue weighted by Gasteiger charge is -2.41. The van der Waals surface area contributed by atoms with Gasteiger partial charge in [-0.05, 0) is 49.6 Å². The molecule has 0 saturated carbocycles. The van der Waals surface area contributed by atoms with Crippen LogP contribution in [0.1, 0.15) is 43.8 Å². The van der Waals surface area contributed by atoms with Crippen LogP contribution in [0.25, 0.3) is 0 Å². The zero-order valence-corrected chi connectivity index (χ0v) is 15.6. The van der Waals surface area contributed by atoms with Gasteiger partial charge >= 0.3 is 0 Å². The molecule has 0 bridgehead atoms. The number of piperidine rings is 1. The lowest BCUT2D eigenvalue weighted by Crippen LogP contribution is -2.47. The van der Waals surface area contributed by atoms with Gasteiger partial charge in [-0.25, -0.2) is 0 Å². The summed E-state index contributed by atoms with van der Waals surface area (Å²) >= 11 is 0. The predicted molar refractivity (Wildman–Crippen MR) is 101 cm³/mol. The van der Waals surface area contributed by atoms with E-state index < -0.39 is 0 Å². The van der Waals surface area contributed by atoms with Crippen molar-refractivity contribution < 1.29 is 9.53 Å². The highest BCUT2D eigenvalue weighted by Gasteiger charge is 2.41. The Morgan fingerprint density at radius 2 is 1.92 bits per heavy atom. The molecule has 2 unspecified atom stereocenters. The van der Waals surface area contributed by atoms with E-state index in [1.807, 2.05) is 18.2 Å². The molecule has 138 valence electrons. The Kier molecular flexibility index (Phi) is 6.03. The molecule has 1 spiro atoms. The van der Waals surface area contributed by atoms with Gasteiger partial charge in [-0.2, -0.15) is 0 Å². The summed E-state index contributed by atoms with van der Waals surface area (Å²) in [5, 5.41) is 3.50. The number of carbonyl (C=O) groups is 1. The van der Waals surface area contributed by atoms with E-state index in [2.05, 4.69) is 22.3 Å². The topological polar surface area (TPSA) is 41.6 Å². The van der Waals surface area contributed by atoms with Gasteiger partial charge in [0, 0.05) is 26.2 Å². The average molecular weight is 365 g/mol. The number of nitrogens with one attached hydrogen (secondary N) is 1. The Hall–Kier alpha value is -1.10. The fourth-order valence-electron chi connectivity index (χ4n) is 4.66. The zero-order valence-electron chi connectivity index (χ0n) is 14.8. The highest BCUT2D eigenvalue weighted by molar-refractivity contribution is 5.85. The molecule has 1 amide bonds. The first-order valence-corrected chi connectivity index (χ1v) is 9.44. The number of hydrogen-bond donors (Lipinski definition) is 1. The van der Waals surface area contributed by atoms with Crippen LogP contribution in [0, 0.1) is 11.3 Å². The van der Waals surface area contributed by atoms with Gasteiger partial charge in [0.25, 0.3) is 0 Å². The standard InChI is InChI=1S/C20H28N2O2.ClH/c23-19(22-12-9-20(10-13-22)8-11-21-15-20)17-7-4-14-24-18(17)16-5-2-1-3-6-16;/h1-3,5-6,17-18,21H,4,7-15H2;1H. The molecule has 5 heteroatoms. The molecule has 3 saturated heterocycles. The third-order valence-corrected chi connectivity index (χ3v) is 6.24. The predicted octanol–water partition coefficient (Wildman–Crippen LogP) is 3.18. The largest absolute Gasteiger partial charge is 0.373 e. The van der Waals surface area contributed by atoms with Crippen molar-refractivity contribution in [2.75, 3.05) is 32.8 Å². The number of ether oxygens (including phenoxy) is 1. The Morgan fingerprint density at radius 1 is 1.16 bits per heavy atom. The summed E-state index contributed by atoms with van der Waals surface area (Å²) in [4.78, 5) is 15.3. The van der Waals surface area contributed by atoms with Gasteiger partial charge in [-0.1, -0.05) is 30.3 Å². The fraction of sp³-hybridized carbons (Fsp3) is 0.650. The van der Waals surface area contributed by atoms with Crippen LogP contribution >= 0.6 is 12.4 Å². The zero-order chi connectivity index (χ0) is 16.4. The second-order valence-electron chi connectivity index (χ2n) is 7.70. The number of nitrogens with zero attached hydrogens (tertiary/aromatic N) is 1. The van der Waals surface area contributed by atoms with Crippen molar-refractivity contribution in [2.24, 2.45) is 11.3 Å². The van der Waals surface area contributed by atoms with Crippen LogP contribution in [-0.4, -0.2) is 43.6 Å². The molecule has 0 aliphatic carbocycles. The monoisotopic (exact) mass is 364 g/mol. The minimum Gasteiger partial charge on any atom is -0.373 e. The van der Waals surface area contributed by atoms with E-state index in [0.717, 1.165) is 64.0 Å². The number of likely N-dealkylation sites (tertiary alicyclic amines) is 1. The molecule has 0 radical (unpaired) electrons. The summed E-state index contributed by atoms with van der Waals surface area (Å²) in [6.07, 6.45) is 5.43. The molecule has 4 rings (SSSR count). The number of carbonyl (C=O) groups excluding carboxylic acids is 1. The summed E-state index contributed by atoms with van der Waals surface area (Å²) in [5.74, 6) is 0.293. The number of rotatable bonds is 2. The van der Waals surface area contributed by atoms with Crippen molar-refractivity contribution in [2.45, 2.75) is 38.2 Å². The van der Waals surface area contributed by atoms with E-state index in [-0.39, 0.29) is 24.4 Å². The lowest BCUT2D eigenvalue weighted by molar-refractivity contribution is -0.147. The third kappa shape index (κ3) is 3.86. The summed E-state index contributed by atoms with van der Waals surface area (Å²) in [5.41, 5.74) is 1.60. The highest BCUT2D eigenvalue weighted by atomic mass is 35.5. The van der Waals surface area contributed by atoms with Crippen LogP contribution in [0.4, 0.5) is 0 Å². The van der Waals surface area contributed by atoms with E-state index in [0.29, 0.717) is 11.3 Å². The maximum Gasteiger partial charge on any atom is 0.228 e. The molecule has 4 nitrogen and oxygen atoms in total. The minimum absolute atomic E-state index is 0. The molecule has 0 aromatic heterocycles. The normalized spacial score (nSPS) is 28.6. The van der Waals surface area contributed by atoms with Crippen LogP contribution in [0.15, 0.2) is 30.3 Å². The van der Waals surface area contributed by atoms with Gasteiger partial charge in [0.1, 0.15) is 0 Å². The summed E-state index contributed by atoms with van der Waals surface area (Å²) in [6.45, 7) is 4.86. The third-order valence-electron chi connectivity index (χ3n) is 6.24. The molecule has 3 heterocycles. The molecule has 1 aromatic carbocycles. The fourth-order valence-corrected chi connectivity index (χ4v) is 4.66. The molecule has 3 fully saturated rings. The van der Waals surface area contributed by atoms with Crippen molar-refractivity contribution >= 4 is 18.3 Å². The smallest absolute Gasteiger partial charge is 0.228 e. The van der Waals surface area contributed by atoms with Crippen LogP contribution < -0.4 is 5.32 Å². The first kappa shape index (κ1) is 18.7. The van der Waals surface area contributed by atoms with Gasteiger partial charge < -0.3 is 15.0 Å². The molecule has 1 N–H and O–H groups in total. The summed E-state index contributed by atoms with van der Waals surface area (Å²) < 4.78 is 6.02. The maximum atomic E-state index is 13.2. The summed E-state index contributed by atoms with van der Waals surface area (Å²) in [7, 11) is 0. The first-order valence-electron chi connectivity index (χ1n) is 9.44.